The fourth-order valence-electron chi connectivity index (χ4n) is 5.72. The Bertz CT molecular complexity index is 1120. The summed E-state index contributed by atoms with van der Waals surface area (Å²) in [7, 11) is 3.57. The van der Waals surface area contributed by atoms with Gasteiger partial charge in [-0.05, 0) is 31.1 Å². The first-order valence-corrected chi connectivity index (χ1v) is 12.4. The van der Waals surface area contributed by atoms with Crippen LogP contribution in [0.1, 0.15) is 36.0 Å². The number of guanidine groups is 1. The van der Waals surface area contributed by atoms with Gasteiger partial charge in [-0.25, -0.2) is 9.98 Å². The number of pyridine rings is 1. The van der Waals surface area contributed by atoms with Gasteiger partial charge in [0.15, 0.2) is 6.17 Å². The number of amides is 2. The van der Waals surface area contributed by atoms with Crippen LogP contribution in [0.2, 0.25) is 0 Å². The van der Waals surface area contributed by atoms with Crippen molar-refractivity contribution in [3.63, 3.8) is 0 Å². The smallest absolute Gasteiger partial charge is 0.269 e. The number of carbonyl (C=O) groups excluding carboxylic acids is 2. The minimum atomic E-state index is -0.235. The summed E-state index contributed by atoms with van der Waals surface area (Å²) in [6, 6.07) is 3.92. The van der Waals surface area contributed by atoms with E-state index in [-0.39, 0.29) is 18.0 Å². The van der Waals surface area contributed by atoms with Crippen LogP contribution in [0, 0.1) is 5.41 Å². The zero-order valence-electron chi connectivity index (χ0n) is 20.3. The Hall–Kier alpha value is -3.40. The van der Waals surface area contributed by atoms with Crippen molar-refractivity contribution in [2.75, 3.05) is 45.6 Å². The maximum Gasteiger partial charge on any atom is 0.269 e. The van der Waals surface area contributed by atoms with Gasteiger partial charge in [-0.1, -0.05) is 12.8 Å². The molecule has 1 aliphatic carbocycles. The highest BCUT2D eigenvalue weighted by Crippen LogP contribution is 2.37. The summed E-state index contributed by atoms with van der Waals surface area (Å²) >= 11 is 0. The number of aliphatic imine (C=N–C) groups is 1. The Morgan fingerprint density at radius 2 is 1.94 bits per heavy atom. The number of hydrogen-bond acceptors (Lipinski definition) is 8. The molecule has 2 amide bonds. The molecule has 0 bridgehead atoms. The van der Waals surface area contributed by atoms with Crippen LogP contribution in [0.15, 0.2) is 46.9 Å². The van der Waals surface area contributed by atoms with Gasteiger partial charge in [0.1, 0.15) is 11.5 Å². The number of carbonyl (C=O) groups is 2. The lowest BCUT2D eigenvalue weighted by Crippen LogP contribution is -2.71. The van der Waals surface area contributed by atoms with Crippen molar-refractivity contribution < 1.29 is 9.59 Å². The van der Waals surface area contributed by atoms with Gasteiger partial charge in [-0.2, -0.15) is 0 Å². The van der Waals surface area contributed by atoms with Gasteiger partial charge in [0.05, 0.1) is 5.56 Å². The molecule has 1 atom stereocenters. The molecule has 10 nitrogen and oxygen atoms in total. The van der Waals surface area contributed by atoms with E-state index >= 15 is 0 Å². The molecule has 4 aliphatic heterocycles. The molecule has 1 saturated carbocycles. The standard InChI is InChI=1S/C25H32N8O2/c1-31(2)23(35)19-9-17-11-28-24(30-21(17)33(19)18-5-3-4-6-18)29-20-8-7-16(10-27-20)22(34)32-14-25(15-32)12-26-13-25/h7-11,18,21,26H,3-6,12-15H2,1-2H3,(H2,27,28,29,30). The molecule has 3 N–H and O–H groups in total. The van der Waals surface area contributed by atoms with Crippen LogP contribution in [0.3, 0.4) is 0 Å². The van der Waals surface area contributed by atoms with Crippen LogP contribution in [0.25, 0.3) is 0 Å². The molecule has 0 radical (unpaired) electrons. The van der Waals surface area contributed by atoms with E-state index in [2.05, 4.69) is 25.8 Å². The lowest BCUT2D eigenvalue weighted by molar-refractivity contribution is -0.126. The van der Waals surface area contributed by atoms with Crippen LogP contribution >= 0.6 is 0 Å². The van der Waals surface area contributed by atoms with E-state index in [4.69, 9.17) is 4.99 Å². The van der Waals surface area contributed by atoms with Gasteiger partial charge in [0.2, 0.25) is 5.96 Å². The first-order valence-electron chi connectivity index (χ1n) is 12.4. The quantitative estimate of drug-likeness (QED) is 0.594. The van der Waals surface area contributed by atoms with Crippen LogP contribution in [-0.2, 0) is 4.79 Å². The third kappa shape index (κ3) is 3.85. The second-order valence-electron chi connectivity index (χ2n) is 10.5. The van der Waals surface area contributed by atoms with Crippen molar-refractivity contribution in [3.05, 3.63) is 47.4 Å². The predicted octanol–water partition coefficient (Wildman–Crippen LogP) is 0.938. The number of nitrogens with zero attached hydrogens (tertiary/aromatic N) is 5. The van der Waals surface area contributed by atoms with Gasteiger partial charge >= 0.3 is 0 Å². The zero-order chi connectivity index (χ0) is 24.2. The van der Waals surface area contributed by atoms with Crippen LogP contribution in [-0.4, -0.2) is 89.9 Å². The van der Waals surface area contributed by atoms with Gasteiger partial charge in [0, 0.05) is 69.7 Å². The van der Waals surface area contributed by atoms with E-state index in [1.165, 1.54) is 12.8 Å². The molecular formula is C25H32N8O2. The van der Waals surface area contributed by atoms with E-state index in [1.54, 1.807) is 31.3 Å². The van der Waals surface area contributed by atoms with E-state index in [0.29, 0.717) is 34.5 Å². The molecule has 2 saturated heterocycles. The average molecular weight is 477 g/mol. The molecule has 184 valence electrons. The fourth-order valence-corrected chi connectivity index (χ4v) is 5.72. The van der Waals surface area contributed by atoms with E-state index in [9.17, 15) is 9.59 Å². The van der Waals surface area contributed by atoms with Gasteiger partial charge in [0.25, 0.3) is 11.8 Å². The summed E-state index contributed by atoms with van der Waals surface area (Å²) in [5.74, 6) is 1.21. The molecule has 6 rings (SSSR count). The van der Waals surface area contributed by atoms with Crippen molar-refractivity contribution in [1.82, 2.24) is 30.3 Å². The third-order valence-corrected chi connectivity index (χ3v) is 7.71. The van der Waals surface area contributed by atoms with E-state index < -0.39 is 0 Å². The monoisotopic (exact) mass is 476 g/mol. The molecule has 1 aromatic rings. The molecule has 1 aromatic heterocycles. The van der Waals surface area contributed by atoms with Crippen LogP contribution < -0.4 is 16.0 Å². The molecule has 1 spiro atoms. The SMILES string of the molecule is CN(C)C(=O)C1=CC2=CNC(Nc3ccc(C(=O)N4CC5(CNC5)C4)cn3)=NC2N1C1CCCC1. The summed E-state index contributed by atoms with van der Waals surface area (Å²) in [6.07, 6.45) is 9.73. The number of likely N-dealkylation sites (N-methyl/N-ethyl adjacent to an activating group) is 1. The Morgan fingerprint density at radius 1 is 1.17 bits per heavy atom. The zero-order valence-corrected chi connectivity index (χ0v) is 20.3. The summed E-state index contributed by atoms with van der Waals surface area (Å²) in [4.78, 5) is 40.7. The maximum atomic E-state index is 12.9. The second-order valence-corrected chi connectivity index (χ2v) is 10.5. The molecule has 35 heavy (non-hydrogen) atoms. The minimum absolute atomic E-state index is 0.000487. The number of rotatable bonds is 4. The van der Waals surface area contributed by atoms with Crippen molar-refractivity contribution in [2.24, 2.45) is 10.4 Å². The Labute approximate surface area is 205 Å². The normalized spacial score (nSPS) is 24.5. The Morgan fingerprint density at radius 3 is 2.57 bits per heavy atom. The first-order chi connectivity index (χ1) is 16.9. The van der Waals surface area contributed by atoms with Crippen molar-refractivity contribution in [2.45, 2.75) is 37.9 Å². The van der Waals surface area contributed by atoms with Crippen molar-refractivity contribution in [3.8, 4) is 0 Å². The van der Waals surface area contributed by atoms with Gasteiger partial charge < -0.3 is 30.7 Å². The predicted molar refractivity (Wildman–Crippen MR) is 132 cm³/mol. The Balaban J connectivity index is 1.14. The van der Waals surface area contributed by atoms with Crippen molar-refractivity contribution in [1.29, 1.82) is 0 Å². The highest BCUT2D eigenvalue weighted by Gasteiger charge is 2.49. The molecule has 5 aliphatic rings. The largest absolute Gasteiger partial charge is 0.344 e. The second kappa shape index (κ2) is 8.37. The van der Waals surface area contributed by atoms with E-state index in [1.807, 2.05) is 23.2 Å². The minimum Gasteiger partial charge on any atom is -0.344 e. The number of fused-ring (bicyclic) bond motifs is 1. The van der Waals surface area contributed by atoms with Gasteiger partial charge in [-0.3, -0.25) is 9.59 Å². The van der Waals surface area contributed by atoms with E-state index in [0.717, 1.165) is 44.6 Å². The topological polar surface area (TPSA) is 105 Å². The first kappa shape index (κ1) is 22.1. The maximum absolute atomic E-state index is 12.9. The average Bonchev–Trinajstić information content (AvgIpc) is 3.44. The summed E-state index contributed by atoms with van der Waals surface area (Å²) < 4.78 is 0. The number of nitrogens with one attached hydrogen (secondary N) is 3. The summed E-state index contributed by atoms with van der Waals surface area (Å²) in [5.41, 5.74) is 2.59. The Kier molecular flexibility index (Phi) is 5.28. The molecule has 5 heterocycles. The number of likely N-dealkylation sites (tertiary alicyclic amines) is 1. The lowest BCUT2D eigenvalue weighted by atomic mass is 9.74. The van der Waals surface area contributed by atoms with Gasteiger partial charge in [-0.15, -0.1) is 0 Å². The molecule has 0 aromatic carbocycles. The highest BCUT2D eigenvalue weighted by atomic mass is 16.2. The summed E-state index contributed by atoms with van der Waals surface area (Å²) in [5, 5.41) is 9.71. The number of hydrogen-bond donors (Lipinski definition) is 3. The molecule has 3 fully saturated rings. The number of anilines is 1. The third-order valence-electron chi connectivity index (χ3n) is 7.71. The molecule has 1 unspecified atom stereocenters. The van der Waals surface area contributed by atoms with Crippen molar-refractivity contribution >= 4 is 23.6 Å². The molecular weight excluding hydrogens is 444 g/mol. The lowest BCUT2D eigenvalue weighted by Gasteiger charge is -2.56. The number of aromatic nitrogens is 1. The highest BCUT2D eigenvalue weighted by molar-refractivity contribution is 5.98. The summed E-state index contributed by atoms with van der Waals surface area (Å²) in [6.45, 7) is 3.64. The van der Waals surface area contributed by atoms with Crippen LogP contribution in [0.5, 0.6) is 0 Å². The molecule has 10 heteroatoms. The fraction of sp³-hybridized carbons (Fsp3) is 0.520. The van der Waals surface area contributed by atoms with Crippen LogP contribution in [0.4, 0.5) is 5.82 Å².